The number of nitrogens with zero attached hydrogens (tertiary/aromatic N) is 2. The molecule has 1 aliphatic rings. The average Bonchev–Trinajstić information content (AvgIpc) is 3.34. The molecule has 0 saturated carbocycles. The van der Waals surface area contributed by atoms with Gasteiger partial charge >= 0.3 is 5.97 Å². The Morgan fingerprint density at radius 2 is 1.78 bits per heavy atom. The van der Waals surface area contributed by atoms with Gasteiger partial charge in [-0.1, -0.05) is 32.4 Å². The van der Waals surface area contributed by atoms with E-state index in [1.807, 2.05) is 56.1 Å². The van der Waals surface area contributed by atoms with Gasteiger partial charge in [-0.15, -0.1) is 0 Å². The van der Waals surface area contributed by atoms with Gasteiger partial charge in [-0.05, 0) is 55.2 Å². The Morgan fingerprint density at radius 3 is 2.38 bits per heavy atom. The number of nitrogens with one attached hydrogen (secondary N) is 2. The molecule has 170 valence electrons. The van der Waals surface area contributed by atoms with Crippen LogP contribution in [0.1, 0.15) is 44.2 Å². The summed E-state index contributed by atoms with van der Waals surface area (Å²) in [6.45, 7) is 5.91. The van der Waals surface area contributed by atoms with Gasteiger partial charge in [0.1, 0.15) is 23.5 Å². The number of likely N-dealkylation sites (N-methyl/N-ethyl adjacent to an activating group) is 1. The predicted molar refractivity (Wildman–Crippen MR) is 129 cm³/mol. The molecule has 1 fully saturated rings. The zero-order valence-electron chi connectivity index (χ0n) is 19.1. The van der Waals surface area contributed by atoms with E-state index in [4.69, 9.17) is 21.3 Å². The summed E-state index contributed by atoms with van der Waals surface area (Å²) in [6.07, 6.45) is 3.05. The predicted octanol–water partition coefficient (Wildman–Crippen LogP) is 3.85. The molecule has 1 unspecified atom stereocenters. The lowest BCUT2D eigenvalue weighted by molar-refractivity contribution is -0.137. The standard InChI is InChI=1S/C25H33N5O2/c1-4-17(2)22(29(3)20-9-7-8-19(16-20)23(26)27)25(31)32-21-12-10-18(11-13-21)24(28)30-14-5-6-15-30/h7-13,16-17,22,28H,4-6,14-15H2,1-3H3,(H3,26,27)/t17?,22-/m0/s1. The first-order valence-electron chi connectivity index (χ1n) is 11.1. The van der Waals surface area contributed by atoms with Crippen molar-refractivity contribution in [2.24, 2.45) is 11.7 Å². The molecule has 0 aromatic heterocycles. The van der Waals surface area contributed by atoms with E-state index in [-0.39, 0.29) is 17.7 Å². The van der Waals surface area contributed by atoms with Crippen molar-refractivity contribution in [3.05, 3.63) is 59.7 Å². The van der Waals surface area contributed by atoms with Crippen LogP contribution in [0, 0.1) is 16.7 Å². The van der Waals surface area contributed by atoms with Crippen LogP contribution in [0.2, 0.25) is 0 Å². The van der Waals surface area contributed by atoms with Gasteiger partial charge in [0.2, 0.25) is 0 Å². The van der Waals surface area contributed by atoms with Crippen molar-refractivity contribution in [2.75, 3.05) is 25.0 Å². The minimum absolute atomic E-state index is 0.0116. The van der Waals surface area contributed by atoms with E-state index in [1.165, 1.54) is 0 Å². The number of nitrogens with two attached hydrogens (primary N) is 1. The second-order valence-corrected chi connectivity index (χ2v) is 8.39. The molecule has 7 nitrogen and oxygen atoms in total. The topological polar surface area (TPSA) is 107 Å². The second kappa shape index (κ2) is 10.3. The monoisotopic (exact) mass is 435 g/mol. The number of carbonyl (C=O) groups is 1. The highest BCUT2D eigenvalue weighted by Crippen LogP contribution is 2.25. The normalized spacial score (nSPS) is 15.2. The smallest absolute Gasteiger partial charge is 0.334 e. The maximum absolute atomic E-state index is 13.2. The number of esters is 1. The quantitative estimate of drug-likeness (QED) is 0.253. The number of benzene rings is 2. The van der Waals surface area contributed by atoms with E-state index in [9.17, 15) is 4.79 Å². The first kappa shape index (κ1) is 23.3. The van der Waals surface area contributed by atoms with E-state index in [0.717, 1.165) is 43.6 Å². The van der Waals surface area contributed by atoms with Gasteiger partial charge < -0.3 is 20.3 Å². The van der Waals surface area contributed by atoms with Crippen molar-refractivity contribution in [1.29, 1.82) is 10.8 Å². The van der Waals surface area contributed by atoms with Crippen LogP contribution in [0.3, 0.4) is 0 Å². The van der Waals surface area contributed by atoms with E-state index >= 15 is 0 Å². The van der Waals surface area contributed by atoms with E-state index in [0.29, 0.717) is 17.1 Å². The van der Waals surface area contributed by atoms with Gasteiger partial charge in [-0.25, -0.2) is 4.79 Å². The lowest BCUT2D eigenvalue weighted by Gasteiger charge is -2.32. The molecule has 2 atom stereocenters. The van der Waals surface area contributed by atoms with Crippen molar-refractivity contribution in [1.82, 2.24) is 4.90 Å². The number of hydrogen-bond donors (Lipinski definition) is 3. The molecule has 0 radical (unpaired) electrons. The third-order valence-electron chi connectivity index (χ3n) is 6.17. The minimum Gasteiger partial charge on any atom is -0.425 e. The van der Waals surface area contributed by atoms with Crippen LogP contribution in [0.4, 0.5) is 5.69 Å². The molecular formula is C25H33N5O2. The Balaban J connectivity index is 1.75. The molecule has 2 aromatic carbocycles. The summed E-state index contributed by atoms with van der Waals surface area (Å²) in [5.74, 6) is 0.686. The van der Waals surface area contributed by atoms with Crippen LogP contribution in [0.25, 0.3) is 0 Å². The summed E-state index contributed by atoms with van der Waals surface area (Å²) >= 11 is 0. The van der Waals surface area contributed by atoms with Gasteiger partial charge in [0.25, 0.3) is 0 Å². The Labute approximate surface area is 190 Å². The molecule has 32 heavy (non-hydrogen) atoms. The average molecular weight is 436 g/mol. The SMILES string of the molecule is CCC(C)[C@@H](C(=O)Oc1ccc(C(=N)N2CCCC2)cc1)N(C)c1cccc(C(=N)N)c1. The fraction of sp³-hybridized carbons (Fsp3) is 0.400. The third-order valence-corrected chi connectivity index (χ3v) is 6.17. The Hall–Kier alpha value is -3.35. The molecule has 1 saturated heterocycles. The zero-order chi connectivity index (χ0) is 23.3. The maximum Gasteiger partial charge on any atom is 0.334 e. The number of amidine groups is 2. The number of rotatable bonds is 8. The number of anilines is 1. The van der Waals surface area contributed by atoms with Crippen molar-refractivity contribution >= 4 is 23.3 Å². The van der Waals surface area contributed by atoms with Crippen molar-refractivity contribution in [3.8, 4) is 5.75 Å². The highest BCUT2D eigenvalue weighted by molar-refractivity contribution is 5.97. The molecule has 4 N–H and O–H groups in total. The van der Waals surface area contributed by atoms with Crippen molar-refractivity contribution < 1.29 is 9.53 Å². The zero-order valence-corrected chi connectivity index (χ0v) is 19.1. The van der Waals surface area contributed by atoms with E-state index in [2.05, 4.69) is 4.90 Å². The lowest BCUT2D eigenvalue weighted by atomic mass is 9.97. The maximum atomic E-state index is 13.2. The Morgan fingerprint density at radius 1 is 1.12 bits per heavy atom. The Bertz CT molecular complexity index is 967. The molecule has 1 aliphatic heterocycles. The first-order valence-corrected chi connectivity index (χ1v) is 11.1. The molecular weight excluding hydrogens is 402 g/mol. The van der Waals surface area contributed by atoms with Crippen LogP contribution < -0.4 is 15.4 Å². The summed E-state index contributed by atoms with van der Waals surface area (Å²) in [5, 5.41) is 16.1. The summed E-state index contributed by atoms with van der Waals surface area (Å²) < 4.78 is 5.75. The van der Waals surface area contributed by atoms with E-state index in [1.54, 1.807) is 18.2 Å². The number of ether oxygens (including phenoxy) is 1. The van der Waals surface area contributed by atoms with Crippen LogP contribution in [0.15, 0.2) is 48.5 Å². The van der Waals surface area contributed by atoms with Gasteiger partial charge in [0, 0.05) is 37.0 Å². The van der Waals surface area contributed by atoms with Gasteiger partial charge in [0.15, 0.2) is 0 Å². The molecule has 0 amide bonds. The van der Waals surface area contributed by atoms with Crippen LogP contribution in [0.5, 0.6) is 5.75 Å². The van der Waals surface area contributed by atoms with Crippen LogP contribution >= 0.6 is 0 Å². The molecule has 1 heterocycles. The molecule has 7 heteroatoms. The summed E-state index contributed by atoms with van der Waals surface area (Å²) in [6, 6.07) is 14.0. The van der Waals surface area contributed by atoms with E-state index < -0.39 is 6.04 Å². The van der Waals surface area contributed by atoms with Crippen LogP contribution in [-0.4, -0.2) is 48.7 Å². The molecule has 0 bridgehead atoms. The fourth-order valence-electron chi connectivity index (χ4n) is 4.03. The number of hydrogen-bond acceptors (Lipinski definition) is 5. The summed E-state index contributed by atoms with van der Waals surface area (Å²) in [4.78, 5) is 17.2. The lowest BCUT2D eigenvalue weighted by Crippen LogP contribution is -2.45. The fourth-order valence-corrected chi connectivity index (χ4v) is 4.03. The summed E-state index contributed by atoms with van der Waals surface area (Å²) in [5.41, 5.74) is 7.87. The Kier molecular flexibility index (Phi) is 7.51. The van der Waals surface area contributed by atoms with Gasteiger partial charge in [-0.3, -0.25) is 10.8 Å². The third kappa shape index (κ3) is 5.28. The van der Waals surface area contributed by atoms with Crippen molar-refractivity contribution in [2.45, 2.75) is 39.2 Å². The summed E-state index contributed by atoms with van der Waals surface area (Å²) in [7, 11) is 1.86. The highest BCUT2D eigenvalue weighted by atomic mass is 16.5. The molecule has 0 aliphatic carbocycles. The van der Waals surface area contributed by atoms with Gasteiger partial charge in [0.05, 0.1) is 0 Å². The molecule has 2 aromatic rings. The first-order chi connectivity index (χ1) is 15.3. The number of carbonyl (C=O) groups excluding carboxylic acids is 1. The molecule has 3 rings (SSSR count). The number of likely N-dealkylation sites (tertiary alicyclic amines) is 1. The second-order valence-electron chi connectivity index (χ2n) is 8.39. The minimum atomic E-state index is -0.496. The number of nitrogen functional groups attached to an aromatic ring is 1. The highest BCUT2D eigenvalue weighted by Gasteiger charge is 2.31. The van der Waals surface area contributed by atoms with Gasteiger partial charge in [-0.2, -0.15) is 0 Å². The van der Waals surface area contributed by atoms with Crippen LogP contribution in [-0.2, 0) is 4.79 Å². The van der Waals surface area contributed by atoms with Crippen molar-refractivity contribution in [3.63, 3.8) is 0 Å². The largest absolute Gasteiger partial charge is 0.425 e. The molecule has 0 spiro atoms.